The van der Waals surface area contributed by atoms with Gasteiger partial charge in [0.2, 0.25) is 6.79 Å². The second kappa shape index (κ2) is 4.83. The van der Waals surface area contributed by atoms with Gasteiger partial charge in [0.25, 0.3) is 0 Å². The number of hydrogen-bond acceptors (Lipinski definition) is 4. The molecule has 0 bridgehead atoms. The maximum absolute atomic E-state index is 10.7. The van der Waals surface area contributed by atoms with E-state index in [0.717, 1.165) is 6.42 Å². The van der Waals surface area contributed by atoms with Crippen molar-refractivity contribution < 1.29 is 14.6 Å². The zero-order chi connectivity index (χ0) is 14.3. The molecule has 1 aromatic carbocycles. The van der Waals surface area contributed by atoms with Gasteiger partial charge >= 0.3 is 0 Å². The zero-order valence-electron chi connectivity index (χ0n) is 11.2. The van der Waals surface area contributed by atoms with Gasteiger partial charge in [-0.15, -0.1) is 0 Å². The Kier molecular flexibility index (Phi) is 3.27. The summed E-state index contributed by atoms with van der Waals surface area (Å²) >= 11 is 6.14. The van der Waals surface area contributed by atoms with Crippen LogP contribution in [-0.2, 0) is 0 Å². The van der Waals surface area contributed by atoms with Crippen molar-refractivity contribution >= 4 is 11.6 Å². The number of halogens is 1. The molecule has 5 heteroatoms. The summed E-state index contributed by atoms with van der Waals surface area (Å²) in [7, 11) is 0. The fourth-order valence-electron chi connectivity index (χ4n) is 3.21. The van der Waals surface area contributed by atoms with E-state index in [1.807, 2.05) is 0 Å². The molecule has 1 fully saturated rings. The first-order valence-electron chi connectivity index (χ1n) is 6.74. The van der Waals surface area contributed by atoms with Crippen molar-refractivity contribution in [3.63, 3.8) is 0 Å². The predicted molar refractivity (Wildman–Crippen MR) is 73.6 cm³/mol. The van der Waals surface area contributed by atoms with Crippen molar-refractivity contribution in [2.45, 2.75) is 32.3 Å². The summed E-state index contributed by atoms with van der Waals surface area (Å²) in [6, 6.07) is 5.72. The maximum Gasteiger partial charge on any atom is 0.231 e. The number of hydrogen-bond donors (Lipinski definition) is 1. The van der Waals surface area contributed by atoms with Crippen LogP contribution in [0.5, 0.6) is 11.5 Å². The van der Waals surface area contributed by atoms with Crippen molar-refractivity contribution in [1.82, 2.24) is 0 Å². The van der Waals surface area contributed by atoms with E-state index in [2.05, 4.69) is 13.0 Å². The molecule has 0 aromatic heterocycles. The molecule has 0 spiro atoms. The molecule has 3 atom stereocenters. The second-order valence-corrected chi connectivity index (χ2v) is 6.16. The van der Waals surface area contributed by atoms with Gasteiger partial charge in [0, 0.05) is 0 Å². The fraction of sp³-hybridized carbons (Fsp3) is 0.533. The number of nitriles is 1. The third-order valence-electron chi connectivity index (χ3n) is 4.31. The quantitative estimate of drug-likeness (QED) is 0.907. The lowest BCUT2D eigenvalue weighted by Crippen LogP contribution is -2.24. The van der Waals surface area contributed by atoms with E-state index >= 15 is 0 Å². The van der Waals surface area contributed by atoms with Gasteiger partial charge in [0.1, 0.15) is 0 Å². The smallest absolute Gasteiger partial charge is 0.231 e. The van der Waals surface area contributed by atoms with E-state index in [1.54, 1.807) is 12.1 Å². The Labute approximate surface area is 122 Å². The van der Waals surface area contributed by atoms with Crippen molar-refractivity contribution in [2.75, 3.05) is 6.79 Å². The van der Waals surface area contributed by atoms with E-state index in [0.29, 0.717) is 40.8 Å². The molecule has 20 heavy (non-hydrogen) atoms. The van der Waals surface area contributed by atoms with Crippen molar-refractivity contribution in [3.8, 4) is 17.6 Å². The molecular weight excluding hydrogens is 278 g/mol. The molecule has 3 rings (SSSR count). The number of fused-ring (bicyclic) bond motifs is 1. The highest BCUT2D eigenvalue weighted by molar-refractivity contribution is 6.32. The Morgan fingerprint density at radius 3 is 2.95 bits per heavy atom. The van der Waals surface area contributed by atoms with Crippen molar-refractivity contribution in [3.05, 3.63) is 22.7 Å². The first kappa shape index (κ1) is 13.5. The normalized spacial score (nSPS) is 29.2. The third-order valence-corrected chi connectivity index (χ3v) is 4.59. The van der Waals surface area contributed by atoms with Gasteiger partial charge < -0.3 is 14.6 Å². The summed E-state index contributed by atoms with van der Waals surface area (Å²) in [5.74, 6) is 1.49. The van der Waals surface area contributed by atoms with Crippen molar-refractivity contribution in [2.24, 2.45) is 11.3 Å². The number of aliphatic hydroxyl groups is 1. The number of rotatable bonds is 2. The van der Waals surface area contributed by atoms with E-state index in [1.165, 1.54) is 0 Å². The largest absolute Gasteiger partial charge is 0.454 e. The molecule has 0 amide bonds. The summed E-state index contributed by atoms with van der Waals surface area (Å²) in [5, 5.41) is 20.6. The Morgan fingerprint density at radius 1 is 1.50 bits per heavy atom. The van der Waals surface area contributed by atoms with E-state index < -0.39 is 11.5 Å². The lowest BCUT2D eigenvalue weighted by Gasteiger charge is -2.27. The molecule has 4 nitrogen and oxygen atoms in total. The Balaban J connectivity index is 1.97. The van der Waals surface area contributed by atoms with E-state index in [-0.39, 0.29) is 6.79 Å². The fourth-order valence-corrected chi connectivity index (χ4v) is 3.48. The zero-order valence-corrected chi connectivity index (χ0v) is 12.0. The molecule has 1 heterocycles. The molecule has 3 unspecified atom stereocenters. The molecule has 1 N–H and O–H groups in total. The summed E-state index contributed by atoms with van der Waals surface area (Å²) in [6.07, 6.45) is 1.52. The lowest BCUT2D eigenvalue weighted by atomic mass is 9.78. The highest BCUT2D eigenvalue weighted by atomic mass is 35.5. The first-order chi connectivity index (χ1) is 9.55. The third kappa shape index (κ3) is 2.02. The van der Waals surface area contributed by atoms with Crippen molar-refractivity contribution in [1.29, 1.82) is 5.26 Å². The number of ether oxygens (including phenoxy) is 2. The molecule has 0 saturated heterocycles. The number of benzene rings is 1. The van der Waals surface area contributed by atoms with Crippen LogP contribution in [-0.4, -0.2) is 11.9 Å². The van der Waals surface area contributed by atoms with Crippen LogP contribution in [0.25, 0.3) is 0 Å². The average Bonchev–Trinajstić information content (AvgIpc) is 3.05. The minimum Gasteiger partial charge on any atom is -0.454 e. The predicted octanol–water partition coefficient (Wildman–Crippen LogP) is 3.43. The SMILES string of the molecule is CC1CCC(C#N)(C(O)c2cc(Cl)c3c(c2)OCO3)C1. The summed E-state index contributed by atoms with van der Waals surface area (Å²) in [5.41, 5.74) is -0.105. The van der Waals surface area contributed by atoms with Gasteiger partial charge in [0.15, 0.2) is 11.5 Å². The molecule has 1 saturated carbocycles. The van der Waals surface area contributed by atoms with Gasteiger partial charge in [-0.2, -0.15) is 5.26 Å². The van der Waals surface area contributed by atoms with E-state index in [4.69, 9.17) is 21.1 Å². The van der Waals surface area contributed by atoms with Gasteiger partial charge in [-0.05, 0) is 42.9 Å². The van der Waals surface area contributed by atoms with Crippen LogP contribution in [0.15, 0.2) is 12.1 Å². The molecule has 2 aliphatic rings. The number of nitrogens with zero attached hydrogens (tertiary/aromatic N) is 1. The molecule has 1 aliphatic heterocycles. The van der Waals surface area contributed by atoms with Crippen LogP contribution in [0.3, 0.4) is 0 Å². The summed E-state index contributed by atoms with van der Waals surface area (Å²) in [4.78, 5) is 0. The van der Waals surface area contributed by atoms with Crippen LogP contribution in [0, 0.1) is 22.7 Å². The molecular formula is C15H16ClNO3. The van der Waals surface area contributed by atoms with Crippen LogP contribution in [0.4, 0.5) is 0 Å². The molecule has 0 radical (unpaired) electrons. The highest BCUT2D eigenvalue weighted by Crippen LogP contribution is 2.51. The van der Waals surface area contributed by atoms with E-state index in [9.17, 15) is 10.4 Å². The number of aliphatic hydroxyl groups excluding tert-OH is 1. The average molecular weight is 294 g/mol. The van der Waals surface area contributed by atoms with Crippen LogP contribution in [0.2, 0.25) is 5.02 Å². The van der Waals surface area contributed by atoms with Gasteiger partial charge in [-0.25, -0.2) is 0 Å². The summed E-state index contributed by atoms with van der Waals surface area (Å²) in [6.45, 7) is 2.24. The first-order valence-corrected chi connectivity index (χ1v) is 7.12. The van der Waals surface area contributed by atoms with Crippen LogP contribution >= 0.6 is 11.6 Å². The maximum atomic E-state index is 10.7. The van der Waals surface area contributed by atoms with Crippen LogP contribution < -0.4 is 9.47 Å². The molecule has 1 aliphatic carbocycles. The monoisotopic (exact) mass is 293 g/mol. The molecule has 106 valence electrons. The topological polar surface area (TPSA) is 62.5 Å². The Bertz CT molecular complexity index is 583. The Hall–Kier alpha value is -1.44. The molecule has 1 aromatic rings. The minimum absolute atomic E-state index is 0.134. The standard InChI is InChI=1S/C15H16ClNO3/c1-9-2-3-15(6-9,7-17)14(18)10-4-11(16)13-12(5-10)19-8-20-13/h4-5,9,14,18H,2-3,6,8H2,1H3. The summed E-state index contributed by atoms with van der Waals surface area (Å²) < 4.78 is 10.6. The van der Waals surface area contributed by atoms with Gasteiger partial charge in [-0.1, -0.05) is 18.5 Å². The Morgan fingerprint density at radius 2 is 2.30 bits per heavy atom. The van der Waals surface area contributed by atoms with Gasteiger partial charge in [0.05, 0.1) is 22.6 Å². The highest BCUT2D eigenvalue weighted by Gasteiger charge is 2.45. The van der Waals surface area contributed by atoms with Gasteiger partial charge in [-0.3, -0.25) is 0 Å². The van der Waals surface area contributed by atoms with Crippen LogP contribution in [0.1, 0.15) is 37.9 Å². The second-order valence-electron chi connectivity index (χ2n) is 5.75. The minimum atomic E-state index is -0.857. The lowest BCUT2D eigenvalue weighted by molar-refractivity contribution is 0.0645.